The summed E-state index contributed by atoms with van der Waals surface area (Å²) < 4.78 is 32.9. The van der Waals surface area contributed by atoms with Crippen LogP contribution in [-0.4, -0.2) is 25.5 Å². The molecule has 0 amide bonds. The van der Waals surface area contributed by atoms with Gasteiger partial charge >= 0.3 is 0 Å². The molecular formula is C17H17N3O3S. The molecule has 0 saturated carbocycles. The van der Waals surface area contributed by atoms with E-state index in [0.29, 0.717) is 16.8 Å². The average molecular weight is 343 g/mol. The summed E-state index contributed by atoms with van der Waals surface area (Å²) in [6.45, 7) is 2.05. The summed E-state index contributed by atoms with van der Waals surface area (Å²) in [7, 11) is -2.14. The predicted octanol–water partition coefficient (Wildman–Crippen LogP) is 2.43. The van der Waals surface area contributed by atoms with Gasteiger partial charge in [-0.15, -0.1) is 0 Å². The molecule has 6 nitrogen and oxygen atoms in total. The van der Waals surface area contributed by atoms with Gasteiger partial charge in [-0.3, -0.25) is 4.98 Å². The fourth-order valence-corrected chi connectivity index (χ4v) is 3.63. The molecule has 0 bridgehead atoms. The number of rotatable bonds is 5. The monoisotopic (exact) mass is 343 g/mol. The maximum atomic E-state index is 12.7. The Balaban J connectivity index is 1.89. The molecule has 0 saturated heterocycles. The van der Waals surface area contributed by atoms with Crippen LogP contribution in [0.15, 0.2) is 53.7 Å². The third-order valence-corrected chi connectivity index (χ3v) is 5.15. The van der Waals surface area contributed by atoms with Crippen molar-refractivity contribution in [1.82, 2.24) is 14.7 Å². The van der Waals surface area contributed by atoms with Crippen molar-refractivity contribution < 1.29 is 13.2 Å². The quantitative estimate of drug-likeness (QED) is 0.769. The molecule has 7 heteroatoms. The number of nitrogens with one attached hydrogen (secondary N) is 1. The minimum Gasteiger partial charge on any atom is -0.481 e. The van der Waals surface area contributed by atoms with Crippen molar-refractivity contribution in [2.45, 2.75) is 18.4 Å². The van der Waals surface area contributed by atoms with Crippen LogP contribution in [0.4, 0.5) is 0 Å². The van der Waals surface area contributed by atoms with Crippen molar-refractivity contribution in [3.8, 4) is 5.88 Å². The van der Waals surface area contributed by atoms with E-state index in [2.05, 4.69) is 14.7 Å². The van der Waals surface area contributed by atoms with Gasteiger partial charge in [0, 0.05) is 30.4 Å². The Labute approximate surface area is 140 Å². The third-order valence-electron chi connectivity index (χ3n) is 3.69. The number of sulfonamides is 1. The van der Waals surface area contributed by atoms with Gasteiger partial charge in [-0.05, 0) is 36.2 Å². The molecular weight excluding hydrogens is 326 g/mol. The second-order valence-electron chi connectivity index (χ2n) is 5.31. The van der Waals surface area contributed by atoms with E-state index < -0.39 is 10.0 Å². The molecule has 1 aromatic carbocycles. The molecule has 124 valence electrons. The Morgan fingerprint density at radius 2 is 1.96 bits per heavy atom. The van der Waals surface area contributed by atoms with Gasteiger partial charge < -0.3 is 4.74 Å². The van der Waals surface area contributed by atoms with Gasteiger partial charge in [-0.1, -0.05) is 12.1 Å². The van der Waals surface area contributed by atoms with Crippen LogP contribution in [0.3, 0.4) is 0 Å². The maximum absolute atomic E-state index is 12.7. The van der Waals surface area contributed by atoms with E-state index in [1.165, 1.54) is 7.11 Å². The van der Waals surface area contributed by atoms with Gasteiger partial charge in [0.15, 0.2) is 0 Å². The Kier molecular flexibility index (Phi) is 4.46. The first-order valence-corrected chi connectivity index (χ1v) is 8.82. The first-order chi connectivity index (χ1) is 11.5. The van der Waals surface area contributed by atoms with E-state index in [4.69, 9.17) is 4.74 Å². The van der Waals surface area contributed by atoms with Gasteiger partial charge in [0.1, 0.15) is 0 Å². The van der Waals surface area contributed by atoms with Crippen LogP contribution in [0.2, 0.25) is 0 Å². The number of methoxy groups -OCH3 is 1. The predicted molar refractivity (Wildman–Crippen MR) is 91.3 cm³/mol. The van der Waals surface area contributed by atoms with E-state index in [1.807, 2.05) is 6.92 Å². The number of benzene rings is 1. The minimum atomic E-state index is -3.67. The van der Waals surface area contributed by atoms with Crippen LogP contribution in [0.5, 0.6) is 5.88 Å². The highest BCUT2D eigenvalue weighted by Gasteiger charge is 2.18. The van der Waals surface area contributed by atoms with Crippen molar-refractivity contribution in [1.29, 1.82) is 0 Å². The number of aromatic nitrogens is 2. The topological polar surface area (TPSA) is 81.2 Å². The highest BCUT2D eigenvalue weighted by Crippen LogP contribution is 2.24. The molecule has 2 heterocycles. The summed E-state index contributed by atoms with van der Waals surface area (Å²) in [5.41, 5.74) is 2.37. The molecule has 0 atom stereocenters. The zero-order valence-corrected chi connectivity index (χ0v) is 14.2. The largest absolute Gasteiger partial charge is 0.481 e. The SMILES string of the molecule is COc1ccc(CNS(=O)(=O)c2ccc(C)c3ncccc23)cn1. The zero-order valence-electron chi connectivity index (χ0n) is 13.4. The lowest BCUT2D eigenvalue weighted by Gasteiger charge is -2.10. The summed E-state index contributed by atoms with van der Waals surface area (Å²) in [6.07, 6.45) is 3.23. The van der Waals surface area contributed by atoms with Crippen molar-refractivity contribution in [2.24, 2.45) is 0 Å². The van der Waals surface area contributed by atoms with Crippen LogP contribution in [0.25, 0.3) is 10.9 Å². The lowest BCUT2D eigenvalue weighted by Crippen LogP contribution is -2.23. The lowest BCUT2D eigenvalue weighted by molar-refractivity contribution is 0.397. The van der Waals surface area contributed by atoms with E-state index in [9.17, 15) is 8.42 Å². The van der Waals surface area contributed by atoms with Gasteiger partial charge in [-0.25, -0.2) is 18.1 Å². The second-order valence-corrected chi connectivity index (χ2v) is 7.05. The standard InChI is InChI=1S/C17H17N3O3S/c1-12-5-7-15(14-4-3-9-18-17(12)14)24(21,22)20-11-13-6-8-16(23-2)19-10-13/h3-10,20H,11H2,1-2H3. The summed E-state index contributed by atoms with van der Waals surface area (Å²) in [4.78, 5) is 8.56. The number of nitrogens with zero attached hydrogens (tertiary/aromatic N) is 2. The molecule has 3 rings (SSSR count). The Bertz CT molecular complexity index is 970. The number of pyridine rings is 2. The summed E-state index contributed by atoms with van der Waals surface area (Å²) in [6, 6.07) is 10.3. The Hall–Kier alpha value is -2.51. The van der Waals surface area contributed by atoms with E-state index >= 15 is 0 Å². The maximum Gasteiger partial charge on any atom is 0.241 e. The van der Waals surface area contributed by atoms with Crippen molar-refractivity contribution >= 4 is 20.9 Å². The van der Waals surface area contributed by atoms with Crippen LogP contribution in [0.1, 0.15) is 11.1 Å². The summed E-state index contributed by atoms with van der Waals surface area (Å²) in [5, 5.41) is 0.609. The van der Waals surface area contributed by atoms with Gasteiger partial charge in [0.25, 0.3) is 0 Å². The molecule has 0 spiro atoms. The van der Waals surface area contributed by atoms with Crippen LogP contribution in [0, 0.1) is 6.92 Å². The number of fused-ring (bicyclic) bond motifs is 1. The molecule has 0 aliphatic carbocycles. The van der Waals surface area contributed by atoms with Crippen molar-refractivity contribution in [3.63, 3.8) is 0 Å². The first-order valence-electron chi connectivity index (χ1n) is 7.34. The van der Waals surface area contributed by atoms with E-state index in [1.54, 1.807) is 48.8 Å². The smallest absolute Gasteiger partial charge is 0.241 e. The fraction of sp³-hybridized carbons (Fsp3) is 0.176. The fourth-order valence-electron chi connectivity index (χ4n) is 2.41. The Morgan fingerprint density at radius 3 is 2.67 bits per heavy atom. The molecule has 3 aromatic rings. The number of aryl methyl sites for hydroxylation is 1. The first kappa shape index (κ1) is 16.4. The average Bonchev–Trinajstić information content (AvgIpc) is 2.61. The van der Waals surface area contributed by atoms with E-state index in [-0.39, 0.29) is 11.4 Å². The third kappa shape index (κ3) is 3.22. The molecule has 24 heavy (non-hydrogen) atoms. The number of hydrogen-bond acceptors (Lipinski definition) is 5. The summed E-state index contributed by atoms with van der Waals surface area (Å²) >= 11 is 0. The van der Waals surface area contributed by atoms with Gasteiger partial charge in [0.05, 0.1) is 17.5 Å². The van der Waals surface area contributed by atoms with Crippen LogP contribution >= 0.6 is 0 Å². The second kappa shape index (κ2) is 6.54. The minimum absolute atomic E-state index is 0.148. The van der Waals surface area contributed by atoms with Crippen LogP contribution < -0.4 is 9.46 Å². The molecule has 0 aliphatic rings. The highest BCUT2D eigenvalue weighted by molar-refractivity contribution is 7.89. The van der Waals surface area contributed by atoms with Gasteiger partial charge in [-0.2, -0.15) is 0 Å². The molecule has 0 unspecified atom stereocenters. The molecule has 1 N–H and O–H groups in total. The Morgan fingerprint density at radius 1 is 1.12 bits per heavy atom. The van der Waals surface area contributed by atoms with Crippen molar-refractivity contribution in [2.75, 3.05) is 7.11 Å². The number of hydrogen-bond donors (Lipinski definition) is 1. The molecule has 0 radical (unpaired) electrons. The molecule has 2 aromatic heterocycles. The number of ether oxygens (including phenoxy) is 1. The normalized spacial score (nSPS) is 11.6. The van der Waals surface area contributed by atoms with Crippen molar-refractivity contribution in [3.05, 3.63) is 59.9 Å². The van der Waals surface area contributed by atoms with Gasteiger partial charge in [0.2, 0.25) is 15.9 Å². The van der Waals surface area contributed by atoms with Crippen LogP contribution in [-0.2, 0) is 16.6 Å². The lowest BCUT2D eigenvalue weighted by atomic mass is 10.1. The highest BCUT2D eigenvalue weighted by atomic mass is 32.2. The summed E-state index contributed by atoms with van der Waals surface area (Å²) in [5.74, 6) is 0.484. The zero-order chi connectivity index (χ0) is 17.2. The van der Waals surface area contributed by atoms with E-state index in [0.717, 1.165) is 11.1 Å². The molecule has 0 fully saturated rings. The molecule has 0 aliphatic heterocycles.